The summed E-state index contributed by atoms with van der Waals surface area (Å²) in [5.41, 5.74) is 0.877. The van der Waals surface area contributed by atoms with E-state index in [9.17, 15) is 8.42 Å². The molecule has 0 radical (unpaired) electrons. The summed E-state index contributed by atoms with van der Waals surface area (Å²) < 4.78 is 23.5. The van der Waals surface area contributed by atoms with Gasteiger partial charge in [0, 0.05) is 12.4 Å². The van der Waals surface area contributed by atoms with Crippen molar-refractivity contribution in [3.63, 3.8) is 0 Å². The molecule has 0 aliphatic rings. The number of nitrogens with one attached hydrogen (secondary N) is 1. The van der Waals surface area contributed by atoms with Gasteiger partial charge in [0.1, 0.15) is 0 Å². The second-order valence-corrected chi connectivity index (χ2v) is 3.63. The van der Waals surface area contributed by atoms with E-state index in [4.69, 9.17) is 0 Å². The lowest BCUT2D eigenvalue weighted by molar-refractivity contribution is 0.623. The van der Waals surface area contributed by atoms with E-state index in [0.29, 0.717) is 0 Å². The first-order chi connectivity index (χ1) is 6.20. The van der Waals surface area contributed by atoms with Crippen molar-refractivity contribution in [3.05, 3.63) is 28.9 Å². The molecule has 13 heavy (non-hydrogen) atoms. The van der Waals surface area contributed by atoms with E-state index in [2.05, 4.69) is 5.10 Å². The van der Waals surface area contributed by atoms with E-state index < -0.39 is 10.3 Å². The molecule has 1 heterocycles. The summed E-state index contributed by atoms with van der Waals surface area (Å²) in [6.07, 6.45) is 0. The van der Waals surface area contributed by atoms with Crippen LogP contribution in [0.15, 0.2) is 24.3 Å². The molecule has 0 saturated heterocycles. The predicted octanol–water partition coefficient (Wildman–Crippen LogP) is 0.917. The number of rotatable bonds is 0. The first-order valence-electron chi connectivity index (χ1n) is 3.76. The third-order valence-corrected chi connectivity index (χ3v) is 2.59. The highest BCUT2D eigenvalue weighted by atomic mass is 32.2. The molecule has 0 unspecified atom stereocenters. The molecule has 0 bridgehead atoms. The zero-order valence-electron chi connectivity index (χ0n) is 6.98. The van der Waals surface area contributed by atoms with Gasteiger partial charge in [0.2, 0.25) is 10.3 Å². The molecule has 0 spiro atoms. The molecule has 0 saturated carbocycles. The number of H-pyrrole nitrogens is 1. The molecule has 2 rings (SSSR count). The van der Waals surface area contributed by atoms with Crippen LogP contribution in [-0.4, -0.2) is 18.2 Å². The minimum absolute atomic E-state index is 0.234. The highest BCUT2D eigenvalue weighted by molar-refractivity contribution is 7.64. The zero-order valence-corrected chi connectivity index (χ0v) is 7.80. The SMILES string of the molecule is Cn1[nH]c(=S(=O)=O)c2ccccc21. The van der Waals surface area contributed by atoms with Crippen LogP contribution in [0.1, 0.15) is 0 Å². The Morgan fingerprint density at radius 2 is 2.00 bits per heavy atom. The Bertz CT molecular complexity index is 611. The van der Waals surface area contributed by atoms with E-state index in [1.807, 2.05) is 18.2 Å². The predicted molar refractivity (Wildman–Crippen MR) is 49.4 cm³/mol. The normalized spacial score (nSPS) is 10.5. The average molecular weight is 196 g/mol. The van der Waals surface area contributed by atoms with Crippen LogP contribution in [0.2, 0.25) is 0 Å². The van der Waals surface area contributed by atoms with Crippen LogP contribution in [0.3, 0.4) is 0 Å². The fraction of sp³-hybridized carbons (Fsp3) is 0.125. The summed E-state index contributed by atoms with van der Waals surface area (Å²) in [6.45, 7) is 0. The van der Waals surface area contributed by atoms with Gasteiger partial charge < -0.3 is 0 Å². The monoisotopic (exact) mass is 196 g/mol. The topological polar surface area (TPSA) is 54.9 Å². The molecule has 0 atom stereocenters. The van der Waals surface area contributed by atoms with Gasteiger partial charge in [0.25, 0.3) is 0 Å². The smallest absolute Gasteiger partial charge is 0.240 e. The third-order valence-electron chi connectivity index (χ3n) is 1.95. The van der Waals surface area contributed by atoms with Crippen LogP contribution < -0.4 is 0 Å². The summed E-state index contributed by atoms with van der Waals surface area (Å²) in [6, 6.07) is 7.32. The van der Waals surface area contributed by atoms with E-state index >= 15 is 0 Å². The average Bonchev–Trinajstić information content (AvgIpc) is 2.45. The lowest BCUT2D eigenvalue weighted by Crippen LogP contribution is -1.88. The molecule has 1 N–H and O–H groups in total. The summed E-state index contributed by atoms with van der Waals surface area (Å²) >= 11 is 0. The summed E-state index contributed by atoms with van der Waals surface area (Å²) in [5.74, 6) is 0. The van der Waals surface area contributed by atoms with E-state index in [-0.39, 0.29) is 4.64 Å². The van der Waals surface area contributed by atoms with Gasteiger partial charge in [-0.3, -0.25) is 9.78 Å². The third kappa shape index (κ3) is 1.17. The quantitative estimate of drug-likeness (QED) is 0.637. The van der Waals surface area contributed by atoms with Gasteiger partial charge in [0.15, 0.2) is 4.64 Å². The molecule has 0 fully saturated rings. The number of benzene rings is 1. The van der Waals surface area contributed by atoms with Gasteiger partial charge in [-0.1, -0.05) is 12.1 Å². The first-order valence-corrected chi connectivity index (χ1v) is 4.83. The fourth-order valence-electron chi connectivity index (χ4n) is 1.36. The van der Waals surface area contributed by atoms with Crippen molar-refractivity contribution in [1.82, 2.24) is 9.78 Å². The maximum Gasteiger partial charge on any atom is 0.240 e. The highest BCUT2D eigenvalue weighted by Crippen LogP contribution is 2.12. The molecule has 1 aromatic heterocycles. The highest BCUT2D eigenvalue weighted by Gasteiger charge is 2.00. The number of aryl methyl sites for hydroxylation is 1. The van der Waals surface area contributed by atoms with Crippen LogP contribution in [0, 0.1) is 4.64 Å². The molecular weight excluding hydrogens is 188 g/mol. The largest absolute Gasteiger partial charge is 0.289 e. The van der Waals surface area contributed by atoms with E-state index in [0.717, 1.165) is 10.9 Å². The van der Waals surface area contributed by atoms with Gasteiger partial charge in [0.05, 0.1) is 5.52 Å². The van der Waals surface area contributed by atoms with Crippen LogP contribution >= 0.6 is 0 Å². The first kappa shape index (κ1) is 8.12. The summed E-state index contributed by atoms with van der Waals surface area (Å²) in [4.78, 5) is 0. The van der Waals surface area contributed by atoms with Crippen molar-refractivity contribution >= 4 is 21.2 Å². The van der Waals surface area contributed by atoms with Crippen LogP contribution in [0.25, 0.3) is 10.9 Å². The number of fused-ring (bicyclic) bond motifs is 1. The minimum atomic E-state index is -2.21. The van der Waals surface area contributed by atoms with Crippen molar-refractivity contribution in [1.29, 1.82) is 0 Å². The lowest BCUT2D eigenvalue weighted by atomic mass is 10.3. The van der Waals surface area contributed by atoms with Crippen molar-refractivity contribution in [2.75, 3.05) is 0 Å². The number of aromatic amines is 1. The van der Waals surface area contributed by atoms with Crippen LogP contribution in [0.4, 0.5) is 0 Å². The van der Waals surface area contributed by atoms with Crippen LogP contribution in [0.5, 0.6) is 0 Å². The maximum absolute atomic E-state index is 10.8. The summed E-state index contributed by atoms with van der Waals surface area (Å²) in [7, 11) is -0.433. The molecule has 68 valence electrons. The van der Waals surface area contributed by atoms with Gasteiger partial charge >= 0.3 is 0 Å². The van der Waals surface area contributed by atoms with E-state index in [1.165, 1.54) is 0 Å². The van der Waals surface area contributed by atoms with Gasteiger partial charge in [-0.15, -0.1) is 0 Å². The Kier molecular flexibility index (Phi) is 1.73. The molecule has 2 aromatic rings. The maximum atomic E-state index is 10.8. The van der Waals surface area contributed by atoms with Gasteiger partial charge in [-0.2, -0.15) is 8.42 Å². The van der Waals surface area contributed by atoms with Crippen LogP contribution in [-0.2, 0) is 17.3 Å². The Labute approximate surface area is 75.9 Å². The summed E-state index contributed by atoms with van der Waals surface area (Å²) in [5, 5.41) is 3.48. The van der Waals surface area contributed by atoms with Crippen molar-refractivity contribution in [3.8, 4) is 0 Å². The Morgan fingerprint density at radius 1 is 1.31 bits per heavy atom. The molecule has 5 heteroatoms. The zero-order chi connectivity index (χ0) is 9.42. The Hall–Kier alpha value is -1.49. The Morgan fingerprint density at radius 3 is 2.69 bits per heavy atom. The standard InChI is InChI=1S/C8H8N2O2S/c1-10-7-5-3-2-4-6(7)8(9-10)13(11)12/h2-5,9H,1H3. The Balaban J connectivity index is 3.22. The van der Waals surface area contributed by atoms with Crippen molar-refractivity contribution < 1.29 is 8.42 Å². The second kappa shape index (κ2) is 2.77. The van der Waals surface area contributed by atoms with Gasteiger partial charge in [-0.05, 0) is 12.1 Å². The second-order valence-electron chi connectivity index (χ2n) is 2.75. The molecule has 1 aromatic carbocycles. The number of hydrogen-bond donors (Lipinski definition) is 1. The minimum Gasteiger partial charge on any atom is -0.289 e. The lowest BCUT2D eigenvalue weighted by Gasteiger charge is -1.91. The van der Waals surface area contributed by atoms with E-state index in [1.54, 1.807) is 17.8 Å². The number of hydrogen-bond acceptors (Lipinski definition) is 2. The molecule has 4 nitrogen and oxygen atoms in total. The number of aromatic nitrogens is 2. The fourth-order valence-corrected chi connectivity index (χ4v) is 1.92. The number of para-hydroxylation sites is 1. The molecular formula is C8H8N2O2S. The number of nitrogens with zero attached hydrogens (tertiary/aromatic N) is 1. The molecule has 0 aliphatic heterocycles. The molecule has 0 amide bonds. The molecule has 0 aliphatic carbocycles. The van der Waals surface area contributed by atoms with Gasteiger partial charge in [-0.25, -0.2) is 0 Å². The van der Waals surface area contributed by atoms with Crippen molar-refractivity contribution in [2.24, 2.45) is 7.05 Å². The van der Waals surface area contributed by atoms with Crippen molar-refractivity contribution in [2.45, 2.75) is 0 Å².